The van der Waals surface area contributed by atoms with Crippen LogP contribution < -0.4 is 0 Å². The van der Waals surface area contributed by atoms with Gasteiger partial charge in [-0.25, -0.2) is 18.7 Å². The number of benzene rings is 3. The summed E-state index contributed by atoms with van der Waals surface area (Å²) < 4.78 is 27.4. The summed E-state index contributed by atoms with van der Waals surface area (Å²) in [7, 11) is 0. The van der Waals surface area contributed by atoms with Crippen molar-refractivity contribution in [1.29, 1.82) is 0 Å². The lowest BCUT2D eigenvalue weighted by atomic mass is 9.98. The number of alkyl halides is 1. The highest BCUT2D eigenvalue weighted by Crippen LogP contribution is 2.29. The Labute approximate surface area is 168 Å². The van der Waals surface area contributed by atoms with E-state index in [1.807, 2.05) is 30.3 Å². The van der Waals surface area contributed by atoms with Crippen molar-refractivity contribution in [3.8, 4) is 33.6 Å². The Morgan fingerprint density at radius 1 is 0.759 bits per heavy atom. The number of halogens is 2. The van der Waals surface area contributed by atoms with Gasteiger partial charge in [-0.15, -0.1) is 0 Å². The summed E-state index contributed by atoms with van der Waals surface area (Å²) in [6.07, 6.45) is 5.13. The third kappa shape index (κ3) is 3.97. The van der Waals surface area contributed by atoms with Gasteiger partial charge in [0.2, 0.25) is 0 Å². The van der Waals surface area contributed by atoms with Crippen molar-refractivity contribution in [2.24, 2.45) is 0 Å². The SMILES string of the molecule is C=Cc1cnc(-c2ccc(-c3ccc(-c4ccc(CF)cc4)c(F)c3)cc2)nc1. The normalized spacial score (nSPS) is 10.7. The van der Waals surface area contributed by atoms with Crippen LogP contribution in [0.2, 0.25) is 0 Å². The maximum absolute atomic E-state index is 14.7. The Hall–Kier alpha value is -3.66. The predicted octanol–water partition coefficient (Wildman–Crippen LogP) is 6.73. The first-order valence-corrected chi connectivity index (χ1v) is 9.18. The number of rotatable bonds is 5. The van der Waals surface area contributed by atoms with Gasteiger partial charge in [0, 0.05) is 29.1 Å². The van der Waals surface area contributed by atoms with Crippen LogP contribution in [0, 0.1) is 5.82 Å². The van der Waals surface area contributed by atoms with Crippen molar-refractivity contribution < 1.29 is 8.78 Å². The lowest BCUT2D eigenvalue weighted by Gasteiger charge is -2.08. The molecule has 4 rings (SSSR count). The third-order valence-corrected chi connectivity index (χ3v) is 4.77. The summed E-state index contributed by atoms with van der Waals surface area (Å²) in [5, 5.41) is 0. The zero-order valence-corrected chi connectivity index (χ0v) is 15.6. The Bertz CT molecular complexity index is 1130. The van der Waals surface area contributed by atoms with Crippen molar-refractivity contribution in [3.63, 3.8) is 0 Å². The van der Waals surface area contributed by atoms with Gasteiger partial charge in [-0.3, -0.25) is 0 Å². The molecular weight excluding hydrogens is 366 g/mol. The smallest absolute Gasteiger partial charge is 0.159 e. The third-order valence-electron chi connectivity index (χ3n) is 4.77. The van der Waals surface area contributed by atoms with Crippen LogP contribution in [0.5, 0.6) is 0 Å². The molecule has 4 aromatic rings. The average molecular weight is 384 g/mol. The molecule has 0 bridgehead atoms. The van der Waals surface area contributed by atoms with Crippen LogP contribution in [0.1, 0.15) is 11.1 Å². The van der Waals surface area contributed by atoms with Gasteiger partial charge in [-0.05, 0) is 28.3 Å². The van der Waals surface area contributed by atoms with Crippen LogP contribution in [0.25, 0.3) is 39.7 Å². The molecule has 4 heteroatoms. The maximum Gasteiger partial charge on any atom is 0.159 e. The van der Waals surface area contributed by atoms with Gasteiger partial charge in [0.15, 0.2) is 5.82 Å². The highest BCUT2D eigenvalue weighted by Gasteiger charge is 2.09. The van der Waals surface area contributed by atoms with Gasteiger partial charge < -0.3 is 0 Å². The minimum atomic E-state index is -0.527. The Morgan fingerprint density at radius 3 is 1.93 bits per heavy atom. The van der Waals surface area contributed by atoms with E-state index >= 15 is 0 Å². The van der Waals surface area contributed by atoms with Crippen LogP contribution in [-0.2, 0) is 6.67 Å². The standard InChI is InChI=1S/C25H18F2N2/c1-2-17-15-28-25(29-16-17)21-9-7-19(8-10-21)22-11-12-23(24(27)13-22)20-5-3-18(14-26)4-6-20/h2-13,15-16H,1,14H2. The molecule has 0 N–H and O–H groups in total. The van der Waals surface area contributed by atoms with Gasteiger partial charge in [0.25, 0.3) is 0 Å². The molecule has 0 saturated carbocycles. The van der Waals surface area contributed by atoms with Crippen LogP contribution >= 0.6 is 0 Å². The van der Waals surface area contributed by atoms with Crippen LogP contribution in [-0.4, -0.2) is 9.97 Å². The highest BCUT2D eigenvalue weighted by molar-refractivity contribution is 5.72. The number of hydrogen-bond acceptors (Lipinski definition) is 2. The molecule has 1 heterocycles. The number of aromatic nitrogens is 2. The minimum Gasteiger partial charge on any atom is -0.246 e. The monoisotopic (exact) mass is 384 g/mol. The van der Waals surface area contributed by atoms with Gasteiger partial charge in [0.1, 0.15) is 12.5 Å². The summed E-state index contributed by atoms with van der Waals surface area (Å²) >= 11 is 0. The molecule has 3 aromatic carbocycles. The summed E-state index contributed by atoms with van der Waals surface area (Å²) in [5.41, 5.74) is 5.22. The molecule has 2 nitrogen and oxygen atoms in total. The van der Waals surface area contributed by atoms with E-state index in [0.29, 0.717) is 17.0 Å². The summed E-state index contributed by atoms with van der Waals surface area (Å²) in [6.45, 7) is 3.17. The number of nitrogens with zero attached hydrogens (tertiary/aromatic N) is 2. The van der Waals surface area contributed by atoms with Gasteiger partial charge in [-0.1, -0.05) is 73.3 Å². The average Bonchev–Trinajstić information content (AvgIpc) is 2.79. The van der Waals surface area contributed by atoms with Crippen molar-refractivity contribution in [1.82, 2.24) is 9.97 Å². The summed E-state index contributed by atoms with van der Waals surface area (Å²) in [6, 6.07) is 19.6. The van der Waals surface area contributed by atoms with Crippen LogP contribution in [0.3, 0.4) is 0 Å². The maximum atomic E-state index is 14.7. The second-order valence-electron chi connectivity index (χ2n) is 6.65. The Balaban J connectivity index is 1.59. The molecule has 0 fully saturated rings. The molecule has 142 valence electrons. The van der Waals surface area contributed by atoms with Crippen molar-refractivity contribution in [3.05, 3.63) is 103 Å². The molecule has 0 aliphatic rings. The summed E-state index contributed by atoms with van der Waals surface area (Å²) in [5.74, 6) is 0.309. The molecule has 0 amide bonds. The fourth-order valence-corrected chi connectivity index (χ4v) is 3.11. The lowest BCUT2D eigenvalue weighted by Crippen LogP contribution is -1.90. The van der Waals surface area contributed by atoms with Crippen molar-refractivity contribution in [2.75, 3.05) is 0 Å². The van der Waals surface area contributed by atoms with Gasteiger partial charge in [-0.2, -0.15) is 0 Å². The molecule has 0 unspecified atom stereocenters. The number of hydrogen-bond donors (Lipinski definition) is 0. The molecule has 0 aliphatic carbocycles. The Morgan fingerprint density at radius 2 is 1.34 bits per heavy atom. The van der Waals surface area contributed by atoms with E-state index in [2.05, 4.69) is 16.5 Å². The van der Waals surface area contributed by atoms with E-state index in [9.17, 15) is 8.78 Å². The zero-order valence-electron chi connectivity index (χ0n) is 15.6. The molecule has 0 radical (unpaired) electrons. The fraction of sp³-hybridized carbons (Fsp3) is 0.0400. The van der Waals surface area contributed by atoms with Crippen LogP contribution in [0.4, 0.5) is 8.78 Å². The fourth-order valence-electron chi connectivity index (χ4n) is 3.11. The van der Waals surface area contributed by atoms with E-state index in [1.165, 1.54) is 6.07 Å². The second kappa shape index (κ2) is 8.15. The quantitative estimate of drug-likeness (QED) is 0.381. The summed E-state index contributed by atoms with van der Waals surface area (Å²) in [4.78, 5) is 8.66. The van der Waals surface area contributed by atoms with E-state index < -0.39 is 6.67 Å². The zero-order chi connectivity index (χ0) is 20.2. The molecule has 0 aliphatic heterocycles. The topological polar surface area (TPSA) is 25.8 Å². The van der Waals surface area contributed by atoms with E-state index in [-0.39, 0.29) is 5.82 Å². The molecule has 1 aromatic heterocycles. The largest absolute Gasteiger partial charge is 0.246 e. The molecular formula is C25H18F2N2. The highest BCUT2D eigenvalue weighted by atomic mass is 19.1. The first kappa shape index (κ1) is 18.7. The lowest BCUT2D eigenvalue weighted by molar-refractivity contribution is 0.485. The van der Waals surface area contributed by atoms with Gasteiger partial charge in [0.05, 0.1) is 0 Å². The second-order valence-corrected chi connectivity index (χ2v) is 6.65. The molecule has 0 spiro atoms. The predicted molar refractivity (Wildman–Crippen MR) is 113 cm³/mol. The van der Waals surface area contributed by atoms with E-state index in [4.69, 9.17) is 0 Å². The molecule has 0 atom stereocenters. The molecule has 0 saturated heterocycles. The van der Waals surface area contributed by atoms with Crippen molar-refractivity contribution in [2.45, 2.75) is 6.67 Å². The molecule has 29 heavy (non-hydrogen) atoms. The van der Waals surface area contributed by atoms with E-state index in [0.717, 1.165) is 27.8 Å². The van der Waals surface area contributed by atoms with Crippen molar-refractivity contribution >= 4 is 6.08 Å². The first-order valence-electron chi connectivity index (χ1n) is 9.18. The van der Waals surface area contributed by atoms with E-state index in [1.54, 1.807) is 48.8 Å². The minimum absolute atomic E-state index is 0.317. The Kier molecular flexibility index (Phi) is 5.25. The first-order chi connectivity index (χ1) is 14.2. The van der Waals surface area contributed by atoms with Gasteiger partial charge >= 0.3 is 0 Å². The van der Waals surface area contributed by atoms with Crippen LogP contribution in [0.15, 0.2) is 85.7 Å².